The highest BCUT2D eigenvalue weighted by molar-refractivity contribution is 6.05. The van der Waals surface area contributed by atoms with Crippen LogP contribution in [0.3, 0.4) is 0 Å². The molecule has 0 unspecified atom stereocenters. The highest BCUT2D eigenvalue weighted by Gasteiger charge is 2.18. The average Bonchev–Trinajstić information content (AvgIpc) is 2.56. The van der Waals surface area contributed by atoms with Gasteiger partial charge in [0.15, 0.2) is 11.6 Å². The Balaban J connectivity index is 2.31. The lowest BCUT2D eigenvalue weighted by Crippen LogP contribution is -2.15. The Hall–Kier alpha value is -2.37. The molecule has 0 radical (unpaired) electrons. The zero-order chi connectivity index (χ0) is 13.3. The van der Waals surface area contributed by atoms with Crippen molar-refractivity contribution in [2.45, 2.75) is 13.8 Å². The van der Waals surface area contributed by atoms with Gasteiger partial charge in [0.1, 0.15) is 0 Å². The number of nitrogens with one attached hydrogen (secondary N) is 1. The highest BCUT2D eigenvalue weighted by Crippen LogP contribution is 2.20. The Morgan fingerprint density at radius 3 is 2.72 bits per heavy atom. The Bertz CT molecular complexity index is 604. The van der Waals surface area contributed by atoms with Crippen molar-refractivity contribution >= 4 is 11.7 Å². The number of amides is 1. The first-order valence-corrected chi connectivity index (χ1v) is 5.46. The van der Waals surface area contributed by atoms with Crippen molar-refractivity contribution in [1.29, 1.82) is 0 Å². The molecular formula is C12H14N4O2. The van der Waals surface area contributed by atoms with Gasteiger partial charge in [0.25, 0.3) is 5.91 Å². The zero-order valence-electron chi connectivity index (χ0n) is 10.4. The summed E-state index contributed by atoms with van der Waals surface area (Å²) in [5.41, 5.74) is 1.91. The molecule has 0 aliphatic rings. The second kappa shape index (κ2) is 4.48. The molecule has 0 saturated heterocycles. The van der Waals surface area contributed by atoms with E-state index in [1.54, 1.807) is 24.7 Å². The molecule has 0 saturated carbocycles. The second-order valence-electron chi connectivity index (χ2n) is 3.99. The summed E-state index contributed by atoms with van der Waals surface area (Å²) in [5, 5.41) is 16.3. The smallest absolute Gasteiger partial charge is 0.260 e. The Morgan fingerprint density at radius 1 is 1.44 bits per heavy atom. The number of hydrogen-bond acceptors (Lipinski definition) is 4. The van der Waals surface area contributed by atoms with Crippen molar-refractivity contribution in [2.75, 3.05) is 5.32 Å². The van der Waals surface area contributed by atoms with Gasteiger partial charge in [0.2, 0.25) is 0 Å². The number of rotatable bonds is 2. The normalized spacial score (nSPS) is 10.4. The van der Waals surface area contributed by atoms with E-state index < -0.39 is 0 Å². The first kappa shape index (κ1) is 12.1. The van der Waals surface area contributed by atoms with Crippen LogP contribution in [-0.4, -0.2) is 25.8 Å². The molecule has 1 amide bonds. The first-order chi connectivity index (χ1) is 8.50. The minimum atomic E-state index is -0.327. The predicted octanol–water partition coefficient (Wildman–Crippen LogP) is 1.39. The van der Waals surface area contributed by atoms with Crippen LogP contribution in [0, 0.1) is 13.8 Å². The van der Waals surface area contributed by atoms with Gasteiger partial charge in [-0.2, -0.15) is 5.10 Å². The molecule has 2 rings (SSSR count). The molecule has 18 heavy (non-hydrogen) atoms. The summed E-state index contributed by atoms with van der Waals surface area (Å²) in [6.45, 7) is 3.58. The van der Waals surface area contributed by atoms with Gasteiger partial charge in [-0.15, -0.1) is 0 Å². The number of pyridine rings is 1. The van der Waals surface area contributed by atoms with Crippen molar-refractivity contribution in [1.82, 2.24) is 14.8 Å². The quantitative estimate of drug-likeness (QED) is 0.839. The fourth-order valence-corrected chi connectivity index (χ4v) is 1.77. The van der Waals surface area contributed by atoms with Crippen LogP contribution in [0.1, 0.15) is 21.7 Å². The number of carbonyl (C=O) groups excluding carboxylic acids is 1. The molecule has 0 aliphatic heterocycles. The van der Waals surface area contributed by atoms with E-state index in [1.165, 1.54) is 12.3 Å². The van der Waals surface area contributed by atoms with Gasteiger partial charge in [-0.25, -0.2) is 4.98 Å². The monoisotopic (exact) mass is 246 g/mol. The lowest BCUT2D eigenvalue weighted by molar-refractivity contribution is 0.102. The third-order valence-corrected chi connectivity index (χ3v) is 2.75. The largest absolute Gasteiger partial charge is 0.504 e. The van der Waals surface area contributed by atoms with Crippen molar-refractivity contribution < 1.29 is 9.90 Å². The van der Waals surface area contributed by atoms with Gasteiger partial charge in [-0.05, 0) is 26.0 Å². The summed E-state index contributed by atoms with van der Waals surface area (Å²) in [6, 6.07) is 3.05. The van der Waals surface area contributed by atoms with Crippen LogP contribution in [0.5, 0.6) is 5.75 Å². The minimum Gasteiger partial charge on any atom is -0.504 e. The fraction of sp³-hybridized carbons (Fsp3) is 0.250. The summed E-state index contributed by atoms with van der Waals surface area (Å²) in [4.78, 5) is 16.0. The van der Waals surface area contributed by atoms with Gasteiger partial charge < -0.3 is 10.4 Å². The van der Waals surface area contributed by atoms with E-state index in [0.717, 1.165) is 5.69 Å². The van der Waals surface area contributed by atoms with E-state index in [-0.39, 0.29) is 17.5 Å². The van der Waals surface area contributed by atoms with E-state index >= 15 is 0 Å². The van der Waals surface area contributed by atoms with Crippen LogP contribution >= 0.6 is 0 Å². The molecule has 0 aromatic carbocycles. The molecule has 0 bridgehead atoms. The van der Waals surface area contributed by atoms with E-state index in [1.807, 2.05) is 6.92 Å². The highest BCUT2D eigenvalue weighted by atomic mass is 16.3. The van der Waals surface area contributed by atoms with Crippen LogP contribution in [0.25, 0.3) is 0 Å². The summed E-state index contributed by atoms with van der Waals surface area (Å²) < 4.78 is 1.64. The molecule has 6 heteroatoms. The summed E-state index contributed by atoms with van der Waals surface area (Å²) in [5.74, 6) is -0.248. The van der Waals surface area contributed by atoms with E-state index in [0.29, 0.717) is 11.3 Å². The van der Waals surface area contributed by atoms with Crippen LogP contribution in [0.2, 0.25) is 0 Å². The van der Waals surface area contributed by atoms with E-state index in [4.69, 9.17) is 0 Å². The molecule has 94 valence electrons. The van der Waals surface area contributed by atoms with E-state index in [9.17, 15) is 9.90 Å². The summed E-state index contributed by atoms with van der Waals surface area (Å²) >= 11 is 0. The van der Waals surface area contributed by atoms with Gasteiger partial charge in [-0.1, -0.05) is 0 Å². The second-order valence-corrected chi connectivity index (χ2v) is 3.99. The number of nitrogens with zero attached hydrogens (tertiary/aromatic N) is 3. The average molecular weight is 246 g/mol. The first-order valence-electron chi connectivity index (χ1n) is 5.46. The van der Waals surface area contributed by atoms with Crippen LogP contribution < -0.4 is 5.32 Å². The fourth-order valence-electron chi connectivity index (χ4n) is 1.77. The molecule has 2 heterocycles. The van der Waals surface area contributed by atoms with Crippen LogP contribution in [0.15, 0.2) is 18.3 Å². The van der Waals surface area contributed by atoms with Crippen molar-refractivity contribution in [2.24, 2.45) is 7.05 Å². The maximum atomic E-state index is 12.1. The molecule has 0 fully saturated rings. The maximum Gasteiger partial charge on any atom is 0.260 e. The number of hydrogen-bond donors (Lipinski definition) is 2. The molecule has 2 aromatic heterocycles. The number of anilines is 1. The molecule has 2 N–H and O–H groups in total. The molecule has 6 nitrogen and oxygen atoms in total. The lowest BCUT2D eigenvalue weighted by Gasteiger charge is -2.06. The maximum absolute atomic E-state index is 12.1. The molecule has 0 aliphatic carbocycles. The number of aromatic nitrogens is 3. The third-order valence-electron chi connectivity index (χ3n) is 2.75. The third kappa shape index (κ3) is 2.04. The Labute approximate surface area is 104 Å². The van der Waals surface area contributed by atoms with Gasteiger partial charge in [0.05, 0.1) is 11.3 Å². The molecule has 2 aromatic rings. The standard InChI is InChI=1S/C12H14N4O2/c1-7-10(8(2)16(3)15-7)12(18)14-11-9(17)5-4-6-13-11/h4-6,17H,1-3H3,(H,13,14,18). The number of aromatic hydroxyl groups is 1. The minimum absolute atomic E-state index is 0.0648. The van der Waals surface area contributed by atoms with Crippen molar-refractivity contribution in [3.05, 3.63) is 35.3 Å². The predicted molar refractivity (Wildman–Crippen MR) is 66.5 cm³/mol. The molecule has 0 spiro atoms. The van der Waals surface area contributed by atoms with Crippen LogP contribution in [0.4, 0.5) is 5.82 Å². The number of aryl methyl sites for hydroxylation is 2. The molecule has 0 atom stereocenters. The Morgan fingerprint density at radius 2 is 2.17 bits per heavy atom. The Kier molecular flexibility index (Phi) is 3.01. The number of carbonyl (C=O) groups is 1. The van der Waals surface area contributed by atoms with E-state index in [2.05, 4.69) is 15.4 Å². The molecular weight excluding hydrogens is 232 g/mol. The van der Waals surface area contributed by atoms with Gasteiger partial charge >= 0.3 is 0 Å². The van der Waals surface area contributed by atoms with Crippen molar-refractivity contribution in [3.63, 3.8) is 0 Å². The van der Waals surface area contributed by atoms with Crippen LogP contribution in [-0.2, 0) is 7.05 Å². The summed E-state index contributed by atoms with van der Waals surface area (Å²) in [7, 11) is 1.78. The van der Waals surface area contributed by atoms with Gasteiger partial charge in [-0.3, -0.25) is 9.48 Å². The zero-order valence-corrected chi connectivity index (χ0v) is 10.4. The summed E-state index contributed by atoms with van der Waals surface area (Å²) in [6.07, 6.45) is 1.50. The SMILES string of the molecule is Cc1nn(C)c(C)c1C(=O)Nc1ncccc1O. The lowest BCUT2D eigenvalue weighted by atomic mass is 10.2. The van der Waals surface area contributed by atoms with Crippen molar-refractivity contribution in [3.8, 4) is 5.75 Å². The topological polar surface area (TPSA) is 80.0 Å². The van der Waals surface area contributed by atoms with Gasteiger partial charge in [0, 0.05) is 18.9 Å².